The quantitative estimate of drug-likeness (QED) is 0.479. The molecule has 0 aliphatic rings. The van der Waals surface area contributed by atoms with Crippen LogP contribution in [0.15, 0.2) is 0 Å². The summed E-state index contributed by atoms with van der Waals surface area (Å²) in [5, 5.41) is 0. The first-order chi connectivity index (χ1) is 2.77. The van der Waals surface area contributed by atoms with E-state index in [1.54, 1.807) is 0 Å². The molecule has 35 valence electrons. The molecule has 0 saturated carbocycles. The van der Waals surface area contributed by atoms with Gasteiger partial charge in [0.15, 0.2) is 0 Å². The van der Waals surface area contributed by atoms with E-state index in [-0.39, 0.29) is 15.0 Å². The van der Waals surface area contributed by atoms with Crippen LogP contribution in [0.4, 0.5) is 0 Å². The molecule has 0 rings (SSSR count). The van der Waals surface area contributed by atoms with Crippen LogP contribution in [0.2, 0.25) is 4.75 Å². The molecule has 0 unspecified atom stereocenters. The topological polar surface area (TPSA) is 0 Å². The molecule has 1 radical (unpaired) electrons. The van der Waals surface area contributed by atoms with Gasteiger partial charge in [0, 0.05) is 0 Å². The van der Waals surface area contributed by atoms with Crippen molar-refractivity contribution in [1.29, 1.82) is 0 Å². The molecule has 6 heavy (non-hydrogen) atoms. The van der Waals surface area contributed by atoms with Crippen LogP contribution in [0.1, 0.15) is 13.8 Å². The Hall–Kier alpha value is 0.413. The van der Waals surface area contributed by atoms with Crippen LogP contribution in [0, 0.1) is 6.92 Å². The molecule has 0 bridgehead atoms. The fourth-order valence-electron chi connectivity index (χ4n) is 0.272. The summed E-state index contributed by atoms with van der Waals surface area (Å²) >= 11 is -0.00694. The Morgan fingerprint density at radius 1 is 1.67 bits per heavy atom. The molecule has 0 aromatic carbocycles. The second kappa shape index (κ2) is 3.60. The first kappa shape index (κ1) is 6.41. The van der Waals surface area contributed by atoms with Gasteiger partial charge in [-0.25, -0.2) is 0 Å². The second-order valence-electron chi connectivity index (χ2n) is 1.67. The maximum atomic E-state index is 3.67. The molecule has 0 fully saturated rings. The summed E-state index contributed by atoms with van der Waals surface area (Å²) < 4.78 is 0.936. The average molecular weight is 144 g/mol. The third kappa shape index (κ3) is 4.41. The molecule has 1 heteroatoms. The van der Waals surface area contributed by atoms with E-state index in [4.69, 9.17) is 0 Å². The van der Waals surface area contributed by atoms with Crippen molar-refractivity contribution >= 4 is 19.8 Å². The number of hydrogen-bond acceptors (Lipinski definition) is 0. The number of hydrogen-bond donors (Lipinski definition) is 0. The zero-order valence-electron chi connectivity index (χ0n) is 4.44. The van der Waals surface area contributed by atoms with Gasteiger partial charge in [-0.2, -0.15) is 0 Å². The van der Waals surface area contributed by atoms with Gasteiger partial charge >= 0.3 is 45.4 Å². The summed E-state index contributed by atoms with van der Waals surface area (Å²) in [6.07, 6.45) is 0. The van der Waals surface area contributed by atoms with Crippen molar-refractivity contribution in [2.24, 2.45) is 0 Å². The van der Waals surface area contributed by atoms with E-state index in [1.807, 2.05) is 0 Å². The van der Waals surface area contributed by atoms with Crippen molar-refractivity contribution in [3.8, 4) is 0 Å². The van der Waals surface area contributed by atoms with Gasteiger partial charge in [0.2, 0.25) is 0 Å². The molecule has 0 aliphatic carbocycles. The van der Waals surface area contributed by atoms with E-state index >= 15 is 0 Å². The molecule has 0 N–H and O–H groups in total. The molecule has 0 atom stereocenters. The van der Waals surface area contributed by atoms with Crippen LogP contribution >= 0.6 is 0 Å². The minimum atomic E-state index is -0.00694. The summed E-state index contributed by atoms with van der Waals surface area (Å²) in [4.78, 5) is 2.11. The fraction of sp³-hybridized carbons (Fsp3) is 0.600. The van der Waals surface area contributed by atoms with Gasteiger partial charge in [-0.3, -0.25) is 0 Å². The van der Waals surface area contributed by atoms with Crippen molar-refractivity contribution in [3.63, 3.8) is 0 Å². The van der Waals surface area contributed by atoms with E-state index in [1.165, 1.54) is 0 Å². The van der Waals surface area contributed by atoms with E-state index in [2.05, 4.69) is 25.6 Å². The molecular formula is C5H11Ge. The Morgan fingerprint density at radius 3 is 2.17 bits per heavy atom. The Bertz CT molecular complexity index is 45.9. The summed E-state index contributed by atoms with van der Waals surface area (Å²) in [6, 6.07) is 0. The van der Waals surface area contributed by atoms with Crippen LogP contribution in [0.3, 0.4) is 0 Å². The zero-order chi connectivity index (χ0) is 4.99. The molecule has 0 nitrogen and oxygen atoms in total. The van der Waals surface area contributed by atoms with Crippen molar-refractivity contribution in [3.05, 3.63) is 6.92 Å². The first-order valence-corrected chi connectivity index (χ1v) is 5.03. The SMILES string of the molecule is [CH2][CH]=[GeH][CH](C)C. The van der Waals surface area contributed by atoms with Crippen LogP contribution in [-0.2, 0) is 0 Å². The summed E-state index contributed by atoms with van der Waals surface area (Å²) in [7, 11) is 0. The molecule has 0 aromatic rings. The van der Waals surface area contributed by atoms with Crippen molar-refractivity contribution < 1.29 is 0 Å². The number of rotatable bonds is 1. The molecule has 0 aliphatic heterocycles. The molecule has 0 amide bonds. The van der Waals surface area contributed by atoms with Crippen LogP contribution in [0.5, 0.6) is 0 Å². The van der Waals surface area contributed by atoms with E-state index < -0.39 is 0 Å². The van der Waals surface area contributed by atoms with Gasteiger partial charge in [0.05, 0.1) is 0 Å². The fourth-order valence-corrected chi connectivity index (χ4v) is 1.41. The Balaban J connectivity index is 3.03. The summed E-state index contributed by atoms with van der Waals surface area (Å²) in [5.41, 5.74) is 0. The minimum absolute atomic E-state index is 0.00694. The predicted octanol–water partition coefficient (Wildman–Crippen LogP) is 0.887. The Kier molecular flexibility index (Phi) is 3.85. The molecule has 0 heterocycles. The normalized spacial score (nSPS) is 11.3. The Morgan fingerprint density at radius 2 is 2.17 bits per heavy atom. The van der Waals surface area contributed by atoms with Gasteiger partial charge in [0.25, 0.3) is 0 Å². The standard InChI is InChI=1S/C5H11Ge/c1-4-6-5(2)3/h4-6H,1H2,2-3H3. The van der Waals surface area contributed by atoms with Gasteiger partial charge in [-0.05, 0) is 0 Å². The third-order valence-electron chi connectivity index (χ3n) is 0.521. The molecule has 0 spiro atoms. The summed E-state index contributed by atoms with van der Waals surface area (Å²) in [6.45, 7) is 8.17. The van der Waals surface area contributed by atoms with Gasteiger partial charge in [-0.15, -0.1) is 0 Å². The van der Waals surface area contributed by atoms with E-state index in [9.17, 15) is 0 Å². The maximum absolute atomic E-state index is 3.67. The zero-order valence-corrected chi connectivity index (χ0v) is 6.86. The van der Waals surface area contributed by atoms with Crippen molar-refractivity contribution in [2.45, 2.75) is 18.6 Å². The van der Waals surface area contributed by atoms with Crippen molar-refractivity contribution in [1.82, 2.24) is 0 Å². The van der Waals surface area contributed by atoms with E-state index in [0.717, 1.165) is 4.75 Å². The van der Waals surface area contributed by atoms with Crippen molar-refractivity contribution in [2.75, 3.05) is 0 Å². The first-order valence-electron chi connectivity index (χ1n) is 2.23. The molecule has 0 aromatic heterocycles. The molecule has 0 saturated heterocycles. The second-order valence-corrected chi connectivity index (χ2v) is 6.27. The van der Waals surface area contributed by atoms with Crippen LogP contribution < -0.4 is 0 Å². The monoisotopic (exact) mass is 145 g/mol. The van der Waals surface area contributed by atoms with Crippen LogP contribution in [0.25, 0.3) is 0 Å². The van der Waals surface area contributed by atoms with E-state index in [0.29, 0.717) is 0 Å². The predicted molar refractivity (Wildman–Crippen MR) is 33.7 cm³/mol. The van der Waals surface area contributed by atoms with Gasteiger partial charge in [-0.1, -0.05) is 0 Å². The van der Waals surface area contributed by atoms with Crippen LogP contribution in [-0.4, -0.2) is 19.8 Å². The Labute approximate surface area is 46.0 Å². The van der Waals surface area contributed by atoms with Gasteiger partial charge < -0.3 is 0 Å². The van der Waals surface area contributed by atoms with Gasteiger partial charge in [0.1, 0.15) is 0 Å². The third-order valence-corrected chi connectivity index (χ3v) is 2.71. The molecular weight excluding hydrogens is 133 g/mol. The average Bonchev–Trinajstić information content (AvgIpc) is 1.35. The summed E-state index contributed by atoms with van der Waals surface area (Å²) in [5.74, 6) is 0.